The van der Waals surface area contributed by atoms with E-state index in [0.717, 1.165) is 12.1 Å². The Morgan fingerprint density at radius 2 is 1.89 bits per heavy atom. The molecule has 19 heavy (non-hydrogen) atoms. The van der Waals surface area contributed by atoms with Crippen molar-refractivity contribution >= 4 is 31.9 Å². The Kier molecular flexibility index (Phi) is 5.05. The number of carbonyl (C=O) groups excluding carboxylic acids is 1. The van der Waals surface area contributed by atoms with E-state index in [-0.39, 0.29) is 10.0 Å². The van der Waals surface area contributed by atoms with Gasteiger partial charge in [0, 0.05) is 13.1 Å². The Balaban J connectivity index is 3.46. The van der Waals surface area contributed by atoms with Gasteiger partial charge in [-0.2, -0.15) is 0 Å². The number of primary sulfonamides is 1. The van der Waals surface area contributed by atoms with Crippen molar-refractivity contribution in [2.45, 2.75) is 18.7 Å². The Morgan fingerprint density at radius 3 is 2.32 bits per heavy atom. The highest BCUT2D eigenvalue weighted by Gasteiger charge is 2.23. The van der Waals surface area contributed by atoms with Crippen LogP contribution in [0.4, 0.5) is 4.39 Å². The molecule has 0 saturated heterocycles. The summed E-state index contributed by atoms with van der Waals surface area (Å²) in [6, 6.07) is 1.76. The lowest BCUT2D eigenvalue weighted by Crippen LogP contribution is -2.31. The summed E-state index contributed by atoms with van der Waals surface area (Å²) in [7, 11) is -4.11. The molecule has 0 fully saturated rings. The number of hydrogen-bond acceptors (Lipinski definition) is 3. The molecular weight excluding hydrogens is 339 g/mol. The zero-order valence-corrected chi connectivity index (χ0v) is 12.9. The predicted octanol–water partition coefficient (Wildman–Crippen LogP) is 1.72. The van der Waals surface area contributed by atoms with E-state index >= 15 is 0 Å². The van der Waals surface area contributed by atoms with Crippen LogP contribution >= 0.6 is 15.9 Å². The van der Waals surface area contributed by atoms with Crippen LogP contribution in [0.5, 0.6) is 0 Å². The lowest BCUT2D eigenvalue weighted by atomic mass is 10.2. The van der Waals surface area contributed by atoms with E-state index < -0.39 is 26.6 Å². The lowest BCUT2D eigenvalue weighted by molar-refractivity contribution is 0.0771. The molecule has 0 atom stereocenters. The number of nitrogens with zero attached hydrogens (tertiary/aromatic N) is 1. The molecule has 1 amide bonds. The van der Waals surface area contributed by atoms with Crippen molar-refractivity contribution < 1.29 is 17.6 Å². The molecule has 0 radical (unpaired) electrons. The van der Waals surface area contributed by atoms with Crippen molar-refractivity contribution in [2.24, 2.45) is 5.14 Å². The average Bonchev–Trinajstić information content (AvgIpc) is 2.31. The van der Waals surface area contributed by atoms with Gasteiger partial charge in [-0.25, -0.2) is 17.9 Å². The van der Waals surface area contributed by atoms with Gasteiger partial charge >= 0.3 is 0 Å². The molecule has 1 rings (SSSR count). The lowest BCUT2D eigenvalue weighted by Gasteiger charge is -2.20. The standard InChI is InChI=1S/C11H14BrFN2O3S/c1-3-15(4-2)11(16)8-5-7(13)6-9(10(8)12)19(14,17)18/h5-6H,3-4H2,1-2H3,(H2,14,17,18). The predicted molar refractivity (Wildman–Crippen MR) is 72.7 cm³/mol. The largest absolute Gasteiger partial charge is 0.339 e. The van der Waals surface area contributed by atoms with Crippen molar-refractivity contribution in [1.82, 2.24) is 4.90 Å². The molecule has 0 saturated carbocycles. The van der Waals surface area contributed by atoms with Crippen LogP contribution in [0.3, 0.4) is 0 Å². The van der Waals surface area contributed by atoms with E-state index in [1.165, 1.54) is 4.90 Å². The summed E-state index contributed by atoms with van der Waals surface area (Å²) in [4.78, 5) is 13.2. The summed E-state index contributed by atoms with van der Waals surface area (Å²) < 4.78 is 36.1. The molecule has 0 aromatic heterocycles. The van der Waals surface area contributed by atoms with E-state index in [0.29, 0.717) is 13.1 Å². The van der Waals surface area contributed by atoms with Crippen LogP contribution in [0, 0.1) is 5.82 Å². The summed E-state index contributed by atoms with van der Waals surface area (Å²) in [6.45, 7) is 4.41. The maximum Gasteiger partial charge on any atom is 0.255 e. The number of halogens is 2. The van der Waals surface area contributed by atoms with Crippen molar-refractivity contribution in [1.29, 1.82) is 0 Å². The third-order valence-electron chi connectivity index (χ3n) is 2.59. The van der Waals surface area contributed by atoms with Crippen molar-refractivity contribution in [3.05, 3.63) is 28.0 Å². The molecule has 0 bridgehead atoms. The van der Waals surface area contributed by atoms with Crippen LogP contribution in [-0.2, 0) is 10.0 Å². The zero-order chi connectivity index (χ0) is 14.8. The Morgan fingerprint density at radius 1 is 1.37 bits per heavy atom. The normalized spacial score (nSPS) is 11.4. The van der Waals surface area contributed by atoms with E-state index in [2.05, 4.69) is 15.9 Å². The van der Waals surface area contributed by atoms with E-state index in [9.17, 15) is 17.6 Å². The van der Waals surface area contributed by atoms with Gasteiger partial charge in [0.15, 0.2) is 0 Å². The Hall–Kier alpha value is -0.990. The van der Waals surface area contributed by atoms with Gasteiger partial charge in [-0.1, -0.05) is 0 Å². The van der Waals surface area contributed by atoms with E-state index in [1.54, 1.807) is 13.8 Å². The number of nitrogens with two attached hydrogens (primary N) is 1. The smallest absolute Gasteiger partial charge is 0.255 e. The quantitative estimate of drug-likeness (QED) is 0.895. The fourth-order valence-electron chi connectivity index (χ4n) is 1.61. The van der Waals surface area contributed by atoms with Gasteiger partial charge in [-0.15, -0.1) is 0 Å². The zero-order valence-electron chi connectivity index (χ0n) is 10.5. The topological polar surface area (TPSA) is 80.5 Å². The molecule has 0 aliphatic carbocycles. The minimum Gasteiger partial charge on any atom is -0.339 e. The maximum absolute atomic E-state index is 13.5. The highest BCUT2D eigenvalue weighted by atomic mass is 79.9. The highest BCUT2D eigenvalue weighted by molar-refractivity contribution is 9.10. The second-order valence-electron chi connectivity index (χ2n) is 3.79. The first-order valence-electron chi connectivity index (χ1n) is 5.53. The molecule has 5 nitrogen and oxygen atoms in total. The minimum atomic E-state index is -4.11. The molecule has 0 aliphatic heterocycles. The molecular formula is C11H14BrFN2O3S. The van der Waals surface area contributed by atoms with Crippen molar-refractivity contribution in [3.8, 4) is 0 Å². The number of benzene rings is 1. The average molecular weight is 353 g/mol. The van der Waals surface area contributed by atoms with Gasteiger partial charge in [0.05, 0.1) is 14.9 Å². The second-order valence-corrected chi connectivity index (χ2v) is 6.11. The first kappa shape index (κ1) is 16.1. The Labute approximate surface area is 119 Å². The van der Waals surface area contributed by atoms with Gasteiger partial charge in [-0.3, -0.25) is 4.79 Å². The van der Waals surface area contributed by atoms with Crippen LogP contribution < -0.4 is 5.14 Å². The maximum atomic E-state index is 13.5. The number of carbonyl (C=O) groups is 1. The van der Waals surface area contributed by atoms with Crippen LogP contribution in [0.25, 0.3) is 0 Å². The number of amides is 1. The van der Waals surface area contributed by atoms with E-state index in [4.69, 9.17) is 5.14 Å². The molecule has 0 spiro atoms. The van der Waals surface area contributed by atoms with Gasteiger partial charge in [0.25, 0.3) is 5.91 Å². The van der Waals surface area contributed by atoms with Crippen LogP contribution in [-0.4, -0.2) is 32.3 Å². The summed E-state index contributed by atoms with van der Waals surface area (Å²) in [5.74, 6) is -1.29. The van der Waals surface area contributed by atoms with Crippen LogP contribution in [0.2, 0.25) is 0 Å². The summed E-state index contributed by atoms with van der Waals surface area (Å²) >= 11 is 3.01. The number of hydrogen-bond donors (Lipinski definition) is 1. The third kappa shape index (κ3) is 3.52. The highest BCUT2D eigenvalue weighted by Crippen LogP contribution is 2.27. The van der Waals surface area contributed by atoms with Gasteiger partial charge in [-0.05, 0) is 41.9 Å². The molecule has 1 aromatic rings. The molecule has 0 heterocycles. The summed E-state index contributed by atoms with van der Waals surface area (Å²) in [6.07, 6.45) is 0. The summed E-state index contributed by atoms with van der Waals surface area (Å²) in [5.41, 5.74) is -0.0623. The van der Waals surface area contributed by atoms with Gasteiger partial charge in [0.2, 0.25) is 10.0 Å². The molecule has 2 N–H and O–H groups in total. The second kappa shape index (κ2) is 5.98. The minimum absolute atomic E-state index is 0.0201. The van der Waals surface area contributed by atoms with Gasteiger partial charge < -0.3 is 4.90 Å². The van der Waals surface area contributed by atoms with Crippen LogP contribution in [0.15, 0.2) is 21.5 Å². The molecule has 106 valence electrons. The molecule has 8 heteroatoms. The van der Waals surface area contributed by atoms with Gasteiger partial charge in [0.1, 0.15) is 5.82 Å². The molecule has 0 unspecified atom stereocenters. The monoisotopic (exact) mass is 352 g/mol. The number of sulfonamides is 1. The first-order valence-corrected chi connectivity index (χ1v) is 7.87. The van der Waals surface area contributed by atoms with Crippen molar-refractivity contribution in [3.63, 3.8) is 0 Å². The first-order chi connectivity index (χ1) is 8.72. The fourth-order valence-corrected chi connectivity index (χ4v) is 3.32. The molecule has 0 aliphatic rings. The molecule has 1 aromatic carbocycles. The third-order valence-corrected chi connectivity index (χ3v) is 4.64. The van der Waals surface area contributed by atoms with Crippen LogP contribution in [0.1, 0.15) is 24.2 Å². The summed E-state index contributed by atoms with van der Waals surface area (Å²) in [5, 5.41) is 4.99. The Bertz CT molecular complexity index is 600. The number of rotatable bonds is 4. The van der Waals surface area contributed by atoms with Crippen molar-refractivity contribution in [2.75, 3.05) is 13.1 Å². The SMILES string of the molecule is CCN(CC)C(=O)c1cc(F)cc(S(N)(=O)=O)c1Br. The van der Waals surface area contributed by atoms with E-state index in [1.807, 2.05) is 0 Å². The fraction of sp³-hybridized carbons (Fsp3) is 0.364.